The molecule has 2 aromatic carbocycles. The molecule has 2 N–H and O–H groups in total. The van der Waals surface area contributed by atoms with E-state index < -0.39 is 15.9 Å². The highest BCUT2D eigenvalue weighted by Gasteiger charge is 2.29. The maximum Gasteiger partial charge on any atom is 0.253 e. The van der Waals surface area contributed by atoms with Gasteiger partial charge < -0.3 is 15.5 Å². The predicted molar refractivity (Wildman–Crippen MR) is 121 cm³/mol. The number of hydrogen-bond acceptors (Lipinski definition) is 5. The second-order valence-corrected chi connectivity index (χ2v) is 10.0. The lowest BCUT2D eigenvalue weighted by atomic mass is 10.1. The lowest BCUT2D eigenvalue weighted by Crippen LogP contribution is -2.49. The van der Waals surface area contributed by atoms with Crippen LogP contribution in [0.15, 0.2) is 53.4 Å². The quantitative estimate of drug-likeness (QED) is 0.653. The second kappa shape index (κ2) is 9.72. The van der Waals surface area contributed by atoms with Crippen LogP contribution in [-0.4, -0.2) is 68.1 Å². The van der Waals surface area contributed by atoms with Gasteiger partial charge in [-0.3, -0.25) is 14.4 Å². The van der Waals surface area contributed by atoms with E-state index in [1.165, 1.54) is 24.3 Å². The topological polar surface area (TPSA) is 116 Å². The third kappa shape index (κ3) is 5.23. The number of sulfonamides is 1. The molecule has 0 atom stereocenters. The van der Waals surface area contributed by atoms with Crippen molar-refractivity contribution in [1.29, 1.82) is 0 Å². The maximum atomic E-state index is 12.9. The van der Waals surface area contributed by atoms with Crippen LogP contribution in [0.4, 0.5) is 0 Å². The summed E-state index contributed by atoms with van der Waals surface area (Å²) in [6, 6.07) is 12.9. The Balaban J connectivity index is 1.43. The van der Waals surface area contributed by atoms with E-state index in [9.17, 15) is 22.8 Å². The summed E-state index contributed by atoms with van der Waals surface area (Å²) in [6.45, 7) is 1.91. The first-order valence-electron chi connectivity index (χ1n) is 10.9. The van der Waals surface area contributed by atoms with Gasteiger partial charge in [-0.15, -0.1) is 0 Å². The Kier molecular flexibility index (Phi) is 6.75. The molecular weight excluding hydrogens is 444 g/mol. The van der Waals surface area contributed by atoms with Crippen molar-refractivity contribution in [3.05, 3.63) is 65.2 Å². The Labute approximate surface area is 192 Å². The highest BCUT2D eigenvalue weighted by atomic mass is 32.2. The first-order valence-corrected chi connectivity index (χ1v) is 12.3. The lowest BCUT2D eigenvalue weighted by Gasteiger charge is -2.26. The van der Waals surface area contributed by atoms with Crippen molar-refractivity contribution in [2.75, 3.05) is 32.7 Å². The highest BCUT2D eigenvalue weighted by molar-refractivity contribution is 7.89. The van der Waals surface area contributed by atoms with E-state index >= 15 is 0 Å². The summed E-state index contributed by atoms with van der Waals surface area (Å²) in [4.78, 5) is 38.7. The fraction of sp³-hybridized carbons (Fsp3) is 0.348. The van der Waals surface area contributed by atoms with Crippen LogP contribution < -0.4 is 10.6 Å². The molecule has 0 aromatic heterocycles. The molecule has 2 fully saturated rings. The molecule has 0 aliphatic carbocycles. The molecule has 10 heteroatoms. The molecule has 174 valence electrons. The maximum absolute atomic E-state index is 12.9. The standard InChI is InChI=1S/C23H26N4O5S/c28-21-16-27(12-9-24-21)33(31,32)20-8-4-6-18(14-20)22(29)25-15-17-5-3-7-19(13-17)23(30)26-10-1-2-11-26/h3-8,13-14H,1-2,9-12,15-16H2,(H,24,28)(H,25,29). The smallest absolute Gasteiger partial charge is 0.253 e. The lowest BCUT2D eigenvalue weighted by molar-refractivity contribution is -0.122. The van der Waals surface area contributed by atoms with Gasteiger partial charge in [0, 0.05) is 43.9 Å². The molecule has 2 heterocycles. The van der Waals surface area contributed by atoms with Gasteiger partial charge in [-0.05, 0) is 48.7 Å². The molecule has 2 aliphatic heterocycles. The van der Waals surface area contributed by atoms with E-state index in [1.54, 1.807) is 18.2 Å². The molecular formula is C23H26N4O5S. The van der Waals surface area contributed by atoms with Crippen molar-refractivity contribution in [1.82, 2.24) is 19.8 Å². The summed E-state index contributed by atoms with van der Waals surface area (Å²) in [5.74, 6) is -0.797. The largest absolute Gasteiger partial charge is 0.354 e. The van der Waals surface area contributed by atoms with Gasteiger partial charge in [-0.2, -0.15) is 4.31 Å². The predicted octanol–water partition coefficient (Wildman–Crippen LogP) is 0.973. The van der Waals surface area contributed by atoms with Crippen molar-refractivity contribution >= 4 is 27.7 Å². The van der Waals surface area contributed by atoms with Crippen molar-refractivity contribution in [3.8, 4) is 0 Å². The molecule has 3 amide bonds. The molecule has 9 nitrogen and oxygen atoms in total. The summed E-state index contributed by atoms with van der Waals surface area (Å²) in [6.07, 6.45) is 2.03. The van der Waals surface area contributed by atoms with Gasteiger partial charge in [-0.1, -0.05) is 18.2 Å². The average molecular weight is 471 g/mol. The van der Waals surface area contributed by atoms with Gasteiger partial charge in [-0.25, -0.2) is 8.42 Å². The van der Waals surface area contributed by atoms with Crippen molar-refractivity contribution in [3.63, 3.8) is 0 Å². The minimum absolute atomic E-state index is 0.00928. The summed E-state index contributed by atoms with van der Waals surface area (Å²) in [7, 11) is -3.89. The fourth-order valence-electron chi connectivity index (χ4n) is 3.97. The molecule has 2 aromatic rings. The summed E-state index contributed by atoms with van der Waals surface area (Å²) < 4.78 is 26.9. The van der Waals surface area contributed by atoms with E-state index in [1.807, 2.05) is 11.0 Å². The van der Waals surface area contributed by atoms with E-state index in [4.69, 9.17) is 0 Å². The van der Waals surface area contributed by atoms with Gasteiger partial charge in [0.25, 0.3) is 11.8 Å². The Morgan fingerprint density at radius 3 is 2.45 bits per heavy atom. The van der Waals surface area contributed by atoms with Gasteiger partial charge >= 0.3 is 0 Å². The average Bonchev–Trinajstić information content (AvgIpc) is 3.37. The minimum atomic E-state index is -3.89. The van der Waals surface area contributed by atoms with Crippen LogP contribution in [-0.2, 0) is 21.4 Å². The number of nitrogens with one attached hydrogen (secondary N) is 2. The molecule has 0 bridgehead atoms. The van der Waals surface area contributed by atoms with Gasteiger partial charge in [0.15, 0.2) is 0 Å². The highest BCUT2D eigenvalue weighted by Crippen LogP contribution is 2.18. The van der Waals surface area contributed by atoms with Crippen LogP contribution in [0.2, 0.25) is 0 Å². The van der Waals surface area contributed by atoms with Crippen LogP contribution in [0.25, 0.3) is 0 Å². The Morgan fingerprint density at radius 1 is 0.970 bits per heavy atom. The number of benzene rings is 2. The zero-order chi connectivity index (χ0) is 23.4. The van der Waals surface area contributed by atoms with Crippen molar-refractivity contribution < 1.29 is 22.8 Å². The molecule has 0 saturated carbocycles. The number of piperazine rings is 1. The van der Waals surface area contributed by atoms with Crippen molar-refractivity contribution in [2.45, 2.75) is 24.3 Å². The van der Waals surface area contributed by atoms with Gasteiger partial charge in [0.2, 0.25) is 15.9 Å². The van der Waals surface area contributed by atoms with E-state index in [2.05, 4.69) is 10.6 Å². The van der Waals surface area contributed by atoms with E-state index in [-0.39, 0.29) is 48.5 Å². The first-order chi connectivity index (χ1) is 15.8. The summed E-state index contributed by atoms with van der Waals surface area (Å²) in [5.41, 5.74) is 1.56. The Hall–Kier alpha value is -3.24. The molecule has 33 heavy (non-hydrogen) atoms. The molecule has 4 rings (SSSR count). The molecule has 0 spiro atoms. The number of amides is 3. The third-order valence-electron chi connectivity index (χ3n) is 5.76. The van der Waals surface area contributed by atoms with Crippen LogP contribution in [0.5, 0.6) is 0 Å². The molecule has 2 aliphatic rings. The van der Waals surface area contributed by atoms with Gasteiger partial charge in [0.05, 0.1) is 11.4 Å². The van der Waals surface area contributed by atoms with E-state index in [0.29, 0.717) is 5.56 Å². The zero-order valence-electron chi connectivity index (χ0n) is 18.1. The number of rotatable bonds is 6. The Bertz CT molecular complexity index is 1170. The SMILES string of the molecule is O=C1CN(S(=O)(=O)c2cccc(C(=O)NCc3cccc(C(=O)N4CCCC4)c3)c2)CCN1. The first kappa shape index (κ1) is 22.9. The Morgan fingerprint density at radius 2 is 1.70 bits per heavy atom. The summed E-state index contributed by atoms with van der Waals surface area (Å²) >= 11 is 0. The normalized spacial score (nSPS) is 17.0. The molecule has 0 radical (unpaired) electrons. The van der Waals surface area contributed by atoms with Crippen LogP contribution in [0.1, 0.15) is 39.1 Å². The number of hydrogen-bond donors (Lipinski definition) is 2. The number of carbonyl (C=O) groups is 3. The fourth-order valence-corrected chi connectivity index (χ4v) is 5.41. The van der Waals surface area contributed by atoms with Crippen molar-refractivity contribution in [2.24, 2.45) is 0 Å². The van der Waals surface area contributed by atoms with Crippen LogP contribution in [0.3, 0.4) is 0 Å². The minimum Gasteiger partial charge on any atom is -0.354 e. The summed E-state index contributed by atoms with van der Waals surface area (Å²) in [5, 5.41) is 5.37. The number of likely N-dealkylation sites (tertiary alicyclic amines) is 1. The van der Waals surface area contributed by atoms with Crippen LogP contribution >= 0.6 is 0 Å². The third-order valence-corrected chi connectivity index (χ3v) is 7.60. The second-order valence-electron chi connectivity index (χ2n) is 8.10. The molecule has 0 unspecified atom stereocenters. The number of carbonyl (C=O) groups excluding carboxylic acids is 3. The van der Waals surface area contributed by atoms with E-state index in [0.717, 1.165) is 35.8 Å². The zero-order valence-corrected chi connectivity index (χ0v) is 18.9. The molecule has 2 saturated heterocycles. The number of nitrogens with zero attached hydrogens (tertiary/aromatic N) is 2. The van der Waals surface area contributed by atoms with Crippen LogP contribution in [0, 0.1) is 0 Å². The monoisotopic (exact) mass is 470 g/mol. The van der Waals surface area contributed by atoms with Gasteiger partial charge in [0.1, 0.15) is 0 Å².